The van der Waals surface area contributed by atoms with E-state index in [4.69, 9.17) is 11.5 Å². The lowest BCUT2D eigenvalue weighted by atomic mass is 10.2. The summed E-state index contributed by atoms with van der Waals surface area (Å²) >= 11 is 0. The lowest BCUT2D eigenvalue weighted by molar-refractivity contribution is 0.483. The van der Waals surface area contributed by atoms with Crippen LogP contribution >= 0.6 is 0 Å². The Kier molecular flexibility index (Phi) is 5.43. The molecule has 0 fully saturated rings. The van der Waals surface area contributed by atoms with E-state index in [9.17, 15) is 13.0 Å². The van der Waals surface area contributed by atoms with Gasteiger partial charge in [-0.15, -0.1) is 10.2 Å². The average molecular weight is 396 g/mol. The molecular weight excluding hydrogens is 380 g/mol. The number of nitrogens with two attached hydrogens (primary N) is 2. The minimum atomic E-state index is -4.65. The average Bonchev–Trinajstić information content (AvgIpc) is 2.68. The summed E-state index contributed by atoms with van der Waals surface area (Å²) in [6, 6.07) is 18.5. The maximum Gasteiger partial charge on any atom is 0.296 e. The third kappa shape index (κ3) is 4.37. The highest BCUT2D eigenvalue weighted by Gasteiger charge is 2.22. The van der Waals surface area contributed by atoms with Gasteiger partial charge in [-0.2, -0.15) is 18.6 Å². The third-order valence-electron chi connectivity index (χ3n) is 3.65. The lowest BCUT2D eigenvalue weighted by Crippen LogP contribution is -2.05. The predicted octanol–water partition coefficient (Wildman–Crippen LogP) is 4.93. The molecule has 142 valence electrons. The van der Waals surface area contributed by atoms with Crippen molar-refractivity contribution in [1.82, 2.24) is 0 Å². The lowest BCUT2D eigenvalue weighted by Gasteiger charge is -2.10. The highest BCUT2D eigenvalue weighted by molar-refractivity contribution is 7.86. The van der Waals surface area contributed by atoms with E-state index in [1.165, 1.54) is 0 Å². The second-order valence-electron chi connectivity index (χ2n) is 5.62. The molecule has 0 saturated heterocycles. The summed E-state index contributed by atoms with van der Waals surface area (Å²) in [4.78, 5) is -0.578. The molecule has 0 bridgehead atoms. The van der Waals surface area contributed by atoms with Crippen LogP contribution in [0.1, 0.15) is 0 Å². The zero-order valence-electron chi connectivity index (χ0n) is 14.5. The van der Waals surface area contributed by atoms with Crippen molar-refractivity contribution in [2.24, 2.45) is 20.5 Å². The van der Waals surface area contributed by atoms with Gasteiger partial charge in [-0.1, -0.05) is 36.4 Å². The summed E-state index contributed by atoms with van der Waals surface area (Å²) < 4.78 is 32.9. The van der Waals surface area contributed by atoms with Crippen LogP contribution in [-0.4, -0.2) is 13.0 Å². The fraction of sp³-hybridized carbons (Fsp3) is 0. The Morgan fingerprint density at radius 2 is 1.21 bits per heavy atom. The maximum atomic E-state index is 11.7. The molecule has 0 aliphatic rings. The number of nitrogen functional groups attached to an aromatic ring is 2. The van der Waals surface area contributed by atoms with Crippen LogP contribution in [0.4, 0.5) is 34.1 Å². The number of azo groups is 2. The van der Waals surface area contributed by atoms with Crippen LogP contribution in [0.2, 0.25) is 0 Å². The van der Waals surface area contributed by atoms with Crippen LogP contribution in [0.5, 0.6) is 0 Å². The monoisotopic (exact) mass is 396 g/mol. The van der Waals surface area contributed by atoms with Gasteiger partial charge in [0.25, 0.3) is 10.1 Å². The van der Waals surface area contributed by atoms with Crippen molar-refractivity contribution in [3.05, 3.63) is 66.7 Å². The first kappa shape index (κ1) is 19.1. The molecular formula is C18H16N6O3S. The standard InChI is InChI=1S/C18H16N6O3S/c19-16-14(23-21-12-7-3-1-4-8-12)11-15(28(25,26)27)17(20)18(16)24-22-13-9-5-2-6-10-13/h1-11H,19-20H2,(H,25,26,27)/b23-21+,24-22+. The first-order chi connectivity index (χ1) is 13.4. The second-order valence-corrected chi connectivity index (χ2v) is 7.01. The molecule has 3 rings (SSSR count). The SMILES string of the molecule is Nc1c(/N=N/c2ccccc2)cc(S(=O)(=O)O)c(N)c1/N=N/c1ccccc1. The molecule has 10 heteroatoms. The molecule has 28 heavy (non-hydrogen) atoms. The minimum Gasteiger partial charge on any atom is -0.396 e. The van der Waals surface area contributed by atoms with Crippen LogP contribution in [0.3, 0.4) is 0 Å². The number of benzene rings is 3. The quantitative estimate of drug-likeness (QED) is 0.317. The van der Waals surface area contributed by atoms with Crippen molar-refractivity contribution >= 4 is 44.2 Å². The molecule has 0 heterocycles. The maximum absolute atomic E-state index is 11.7. The largest absolute Gasteiger partial charge is 0.396 e. The van der Waals surface area contributed by atoms with Crippen molar-refractivity contribution in [2.45, 2.75) is 4.90 Å². The van der Waals surface area contributed by atoms with Gasteiger partial charge in [0.15, 0.2) is 0 Å². The molecule has 0 unspecified atom stereocenters. The van der Waals surface area contributed by atoms with Gasteiger partial charge in [-0.25, -0.2) is 0 Å². The molecule has 0 aromatic heterocycles. The van der Waals surface area contributed by atoms with Crippen molar-refractivity contribution in [3.63, 3.8) is 0 Å². The van der Waals surface area contributed by atoms with E-state index in [0.717, 1.165) is 6.07 Å². The van der Waals surface area contributed by atoms with E-state index in [-0.39, 0.29) is 22.7 Å². The number of hydrogen-bond acceptors (Lipinski definition) is 8. The van der Waals surface area contributed by atoms with Crippen molar-refractivity contribution in [3.8, 4) is 0 Å². The summed E-state index contributed by atoms with van der Waals surface area (Å²) in [5.74, 6) is 0. The Labute approximate surface area is 161 Å². The molecule has 0 atom stereocenters. The molecule has 0 radical (unpaired) electrons. The van der Waals surface area contributed by atoms with E-state index in [1.54, 1.807) is 48.5 Å². The van der Waals surface area contributed by atoms with Crippen molar-refractivity contribution < 1.29 is 13.0 Å². The summed E-state index contributed by atoms with van der Waals surface area (Å²) in [6.45, 7) is 0. The zero-order valence-corrected chi connectivity index (χ0v) is 15.3. The van der Waals surface area contributed by atoms with Crippen LogP contribution in [0.25, 0.3) is 0 Å². The van der Waals surface area contributed by atoms with Gasteiger partial charge in [0.2, 0.25) is 0 Å². The number of hydrogen-bond donors (Lipinski definition) is 3. The highest BCUT2D eigenvalue weighted by Crippen LogP contribution is 2.43. The summed E-state index contributed by atoms with van der Waals surface area (Å²) in [5, 5.41) is 15.9. The van der Waals surface area contributed by atoms with Gasteiger partial charge in [0.1, 0.15) is 16.3 Å². The molecule has 9 nitrogen and oxygen atoms in total. The first-order valence-corrected chi connectivity index (χ1v) is 9.43. The highest BCUT2D eigenvalue weighted by atomic mass is 32.2. The normalized spacial score (nSPS) is 12.0. The van der Waals surface area contributed by atoms with E-state index in [0.29, 0.717) is 11.4 Å². The van der Waals surface area contributed by atoms with Gasteiger partial charge in [-0.05, 0) is 30.3 Å². The molecule has 0 aliphatic carbocycles. The topological polar surface area (TPSA) is 156 Å². The molecule has 0 spiro atoms. The van der Waals surface area contributed by atoms with Crippen LogP contribution in [0, 0.1) is 0 Å². The summed E-state index contributed by atoms with van der Waals surface area (Å²) in [6.07, 6.45) is 0. The first-order valence-electron chi connectivity index (χ1n) is 7.99. The Bertz CT molecular complexity index is 1150. The van der Waals surface area contributed by atoms with E-state index in [1.807, 2.05) is 12.1 Å². The summed E-state index contributed by atoms with van der Waals surface area (Å²) in [7, 11) is -4.65. The van der Waals surface area contributed by atoms with Gasteiger partial charge < -0.3 is 11.5 Å². The predicted molar refractivity (Wildman–Crippen MR) is 106 cm³/mol. The number of nitrogens with zero attached hydrogens (tertiary/aromatic N) is 4. The van der Waals surface area contributed by atoms with Crippen molar-refractivity contribution in [1.29, 1.82) is 0 Å². The van der Waals surface area contributed by atoms with Crippen LogP contribution in [-0.2, 0) is 10.1 Å². The molecule has 5 N–H and O–H groups in total. The Hall–Kier alpha value is -3.63. The molecule has 3 aromatic rings. The van der Waals surface area contributed by atoms with E-state index in [2.05, 4.69) is 20.5 Å². The Balaban J connectivity index is 2.12. The molecule has 0 saturated carbocycles. The molecule has 0 aliphatic heterocycles. The van der Waals surface area contributed by atoms with Gasteiger partial charge in [-0.3, -0.25) is 4.55 Å². The number of anilines is 2. The Morgan fingerprint density at radius 3 is 1.71 bits per heavy atom. The summed E-state index contributed by atoms with van der Waals surface area (Å²) in [5.41, 5.74) is 12.5. The smallest absolute Gasteiger partial charge is 0.296 e. The van der Waals surface area contributed by atoms with E-state index < -0.39 is 15.0 Å². The minimum absolute atomic E-state index is 0.0207. The van der Waals surface area contributed by atoms with Crippen LogP contribution in [0.15, 0.2) is 92.1 Å². The zero-order chi connectivity index (χ0) is 20.1. The molecule has 0 amide bonds. The van der Waals surface area contributed by atoms with Gasteiger partial charge in [0.05, 0.1) is 22.7 Å². The Morgan fingerprint density at radius 1 is 0.714 bits per heavy atom. The fourth-order valence-corrected chi connectivity index (χ4v) is 2.91. The second kappa shape index (κ2) is 7.94. The van der Waals surface area contributed by atoms with Crippen LogP contribution < -0.4 is 11.5 Å². The fourth-order valence-electron chi connectivity index (χ4n) is 2.28. The van der Waals surface area contributed by atoms with Gasteiger partial charge >= 0.3 is 0 Å². The van der Waals surface area contributed by atoms with E-state index >= 15 is 0 Å². The molecule has 3 aromatic carbocycles. The number of rotatable bonds is 5. The van der Waals surface area contributed by atoms with Crippen molar-refractivity contribution in [2.75, 3.05) is 11.5 Å². The third-order valence-corrected chi connectivity index (χ3v) is 4.54. The van der Waals surface area contributed by atoms with Gasteiger partial charge in [0, 0.05) is 0 Å².